The summed E-state index contributed by atoms with van der Waals surface area (Å²) in [6, 6.07) is 12.7. The van der Waals surface area contributed by atoms with Crippen molar-refractivity contribution in [2.24, 2.45) is 11.8 Å². The van der Waals surface area contributed by atoms with Gasteiger partial charge < -0.3 is 24.7 Å². The number of aliphatic hydroxyl groups is 1. The van der Waals surface area contributed by atoms with Gasteiger partial charge in [0.25, 0.3) is 5.91 Å². The second kappa shape index (κ2) is 10.8. The lowest BCUT2D eigenvalue weighted by Gasteiger charge is -2.37. The molecule has 2 amide bonds. The Morgan fingerprint density at radius 2 is 1.89 bits per heavy atom. The van der Waals surface area contributed by atoms with Crippen LogP contribution >= 0.6 is 15.9 Å². The fraction of sp³-hybridized carbons (Fsp3) is 0.483. The van der Waals surface area contributed by atoms with Crippen LogP contribution in [0.2, 0.25) is 0 Å². The highest BCUT2D eigenvalue weighted by Gasteiger charge is 2.76. The van der Waals surface area contributed by atoms with Crippen LogP contribution in [0.5, 0.6) is 0 Å². The first kappa shape index (κ1) is 26.8. The van der Waals surface area contributed by atoms with Crippen molar-refractivity contribution in [3.63, 3.8) is 0 Å². The molecule has 202 valence electrons. The lowest BCUT2D eigenvalue weighted by molar-refractivity contribution is -0.149. The van der Waals surface area contributed by atoms with E-state index in [0.717, 1.165) is 23.6 Å². The topological polar surface area (TPSA) is 107 Å². The van der Waals surface area contributed by atoms with Crippen molar-refractivity contribution in [3.8, 4) is 0 Å². The Kier molecular flexibility index (Phi) is 7.62. The van der Waals surface area contributed by atoms with Gasteiger partial charge >= 0.3 is 5.97 Å². The van der Waals surface area contributed by atoms with Crippen LogP contribution in [0.25, 0.3) is 10.8 Å². The molecule has 2 N–H and O–H groups in total. The molecular formula is C29H33BrN2O6. The van der Waals surface area contributed by atoms with E-state index in [4.69, 9.17) is 9.84 Å². The number of carbonyl (C=O) groups excluding carboxylic acids is 2. The number of halogens is 1. The average molecular weight is 585 g/mol. The minimum absolute atomic E-state index is 0.110. The molecule has 0 saturated carbocycles. The minimum Gasteiger partial charge on any atom is -0.481 e. The number of amides is 2. The highest BCUT2D eigenvalue weighted by molar-refractivity contribution is 9.09. The SMILES string of the molecule is C=CCN(C(=O)C1N(CCCCCCO)C(=O)[C@@H]2[C@H](C(=O)O)[C@H]3OC12CC3Br)c1ccc2ccccc2c1. The Morgan fingerprint density at radius 3 is 2.61 bits per heavy atom. The summed E-state index contributed by atoms with van der Waals surface area (Å²) >= 11 is 3.59. The quantitative estimate of drug-likeness (QED) is 0.237. The van der Waals surface area contributed by atoms with Crippen LogP contribution in [0.4, 0.5) is 5.69 Å². The van der Waals surface area contributed by atoms with Crippen molar-refractivity contribution in [3.05, 3.63) is 55.1 Å². The van der Waals surface area contributed by atoms with Crippen molar-refractivity contribution in [2.75, 3.05) is 24.6 Å². The number of anilines is 1. The summed E-state index contributed by atoms with van der Waals surface area (Å²) < 4.78 is 6.39. The van der Waals surface area contributed by atoms with Crippen molar-refractivity contribution >= 4 is 50.2 Å². The van der Waals surface area contributed by atoms with Crippen LogP contribution < -0.4 is 4.90 Å². The highest BCUT2D eigenvalue weighted by Crippen LogP contribution is 2.60. The van der Waals surface area contributed by atoms with Crippen molar-refractivity contribution < 1.29 is 29.3 Å². The maximum absolute atomic E-state index is 14.5. The number of likely N-dealkylation sites (tertiary alicyclic amines) is 1. The van der Waals surface area contributed by atoms with E-state index >= 15 is 0 Å². The van der Waals surface area contributed by atoms with E-state index in [2.05, 4.69) is 22.5 Å². The Labute approximate surface area is 230 Å². The van der Waals surface area contributed by atoms with Gasteiger partial charge in [0.05, 0.1) is 17.9 Å². The van der Waals surface area contributed by atoms with Gasteiger partial charge in [-0.3, -0.25) is 14.4 Å². The first-order valence-corrected chi connectivity index (χ1v) is 14.1. The normalized spacial score (nSPS) is 29.6. The summed E-state index contributed by atoms with van der Waals surface area (Å²) in [4.78, 5) is 43.6. The Bertz CT molecular complexity index is 1250. The zero-order valence-electron chi connectivity index (χ0n) is 21.2. The number of fused-ring (bicyclic) bond motifs is 2. The second-order valence-electron chi connectivity index (χ2n) is 10.4. The summed E-state index contributed by atoms with van der Waals surface area (Å²) in [5, 5.41) is 21.2. The Hall–Kier alpha value is -2.75. The van der Waals surface area contributed by atoms with Crippen molar-refractivity contribution in [2.45, 2.75) is 54.7 Å². The summed E-state index contributed by atoms with van der Waals surface area (Å²) in [5.41, 5.74) is -0.529. The first-order valence-electron chi connectivity index (χ1n) is 13.2. The molecule has 3 saturated heterocycles. The molecule has 3 aliphatic heterocycles. The number of aliphatic carboxylic acids is 1. The zero-order chi connectivity index (χ0) is 27.0. The van der Waals surface area contributed by atoms with Crippen molar-refractivity contribution in [1.82, 2.24) is 4.90 Å². The molecule has 6 atom stereocenters. The third-order valence-corrected chi connectivity index (χ3v) is 9.08. The lowest BCUT2D eigenvalue weighted by atomic mass is 9.70. The third-order valence-electron chi connectivity index (χ3n) is 8.24. The van der Waals surface area contributed by atoms with E-state index in [9.17, 15) is 19.5 Å². The molecule has 0 radical (unpaired) electrons. The number of hydrogen-bond donors (Lipinski definition) is 2. The van der Waals surface area contributed by atoms with E-state index in [0.29, 0.717) is 31.5 Å². The number of carbonyl (C=O) groups is 3. The summed E-state index contributed by atoms with van der Waals surface area (Å²) in [6.45, 7) is 4.53. The fourth-order valence-corrected chi connectivity index (χ4v) is 7.57. The van der Waals surface area contributed by atoms with Crippen LogP contribution in [-0.4, -0.2) is 75.2 Å². The van der Waals surface area contributed by atoms with Gasteiger partial charge in [-0.15, -0.1) is 6.58 Å². The first-order chi connectivity index (χ1) is 18.3. The Balaban J connectivity index is 1.53. The van der Waals surface area contributed by atoms with E-state index in [1.807, 2.05) is 42.5 Å². The molecule has 0 aromatic heterocycles. The zero-order valence-corrected chi connectivity index (χ0v) is 22.8. The van der Waals surface area contributed by atoms with Gasteiger partial charge in [-0.25, -0.2) is 0 Å². The Morgan fingerprint density at radius 1 is 1.16 bits per heavy atom. The van der Waals surface area contributed by atoms with Crippen LogP contribution in [0.15, 0.2) is 55.1 Å². The predicted molar refractivity (Wildman–Crippen MR) is 147 cm³/mol. The molecule has 3 fully saturated rings. The predicted octanol–water partition coefficient (Wildman–Crippen LogP) is 3.74. The van der Waals surface area contributed by atoms with E-state index in [-0.39, 0.29) is 29.8 Å². The van der Waals surface area contributed by atoms with Gasteiger partial charge in [0, 0.05) is 30.2 Å². The van der Waals surface area contributed by atoms with Crippen LogP contribution in [0.3, 0.4) is 0 Å². The van der Waals surface area contributed by atoms with Crippen molar-refractivity contribution in [1.29, 1.82) is 0 Å². The summed E-state index contributed by atoms with van der Waals surface area (Å²) in [5.74, 6) is -3.61. The molecule has 3 unspecified atom stereocenters. The number of hydrogen-bond acceptors (Lipinski definition) is 5. The standard InChI is InChI=1S/C29H33BrN2O6/c1-2-13-31(20-12-11-18-9-5-6-10-19(18)16-20)27(35)25-29-17-21(30)24(38-29)22(28(36)37)23(29)26(34)32(25)14-7-3-4-8-15-33/h2,5-6,9-12,16,21-25,33H,1,3-4,7-8,13-15,17H2,(H,36,37)/t21?,22-,23-,24-,25?,29?/m0/s1. The molecular weight excluding hydrogens is 552 g/mol. The van der Waals surface area contributed by atoms with E-state index < -0.39 is 35.6 Å². The number of nitrogens with zero attached hydrogens (tertiary/aromatic N) is 2. The van der Waals surface area contributed by atoms with E-state index in [1.54, 1.807) is 15.9 Å². The molecule has 2 aromatic carbocycles. The number of aliphatic hydroxyl groups excluding tert-OH is 1. The lowest BCUT2D eigenvalue weighted by Crippen LogP contribution is -2.57. The molecule has 38 heavy (non-hydrogen) atoms. The maximum atomic E-state index is 14.5. The van der Waals surface area contributed by atoms with Gasteiger partial charge in [0.2, 0.25) is 5.91 Å². The highest BCUT2D eigenvalue weighted by atomic mass is 79.9. The average Bonchev–Trinajstić information content (AvgIpc) is 3.50. The van der Waals surface area contributed by atoms with Crippen LogP contribution in [0, 0.1) is 11.8 Å². The largest absolute Gasteiger partial charge is 0.481 e. The number of ether oxygens (including phenoxy) is 1. The number of carboxylic acids is 1. The van der Waals surface area contributed by atoms with Gasteiger partial charge in [0.1, 0.15) is 11.6 Å². The summed E-state index contributed by atoms with van der Waals surface area (Å²) in [6.07, 6.45) is 4.29. The second-order valence-corrected chi connectivity index (χ2v) is 11.6. The summed E-state index contributed by atoms with van der Waals surface area (Å²) in [7, 11) is 0. The van der Waals surface area contributed by atoms with Gasteiger partial charge in [-0.1, -0.05) is 65.2 Å². The fourth-order valence-electron chi connectivity index (χ4n) is 6.62. The molecule has 9 heteroatoms. The molecule has 3 aliphatic rings. The smallest absolute Gasteiger partial charge is 0.310 e. The van der Waals surface area contributed by atoms with Crippen LogP contribution in [0.1, 0.15) is 32.1 Å². The molecule has 1 spiro atoms. The molecule has 3 heterocycles. The molecule has 5 rings (SSSR count). The minimum atomic E-state index is -1.21. The van der Waals surface area contributed by atoms with Gasteiger partial charge in [0.15, 0.2) is 0 Å². The number of rotatable bonds is 11. The molecule has 2 bridgehead atoms. The number of alkyl halides is 1. The maximum Gasteiger partial charge on any atom is 0.310 e. The molecule has 8 nitrogen and oxygen atoms in total. The molecule has 2 aromatic rings. The molecule has 0 aliphatic carbocycles. The van der Waals surface area contributed by atoms with Gasteiger partial charge in [-0.05, 0) is 42.2 Å². The number of carboxylic acid groups (broad SMARTS) is 1. The number of unbranched alkanes of at least 4 members (excludes halogenated alkanes) is 3. The third kappa shape index (κ3) is 4.34. The van der Waals surface area contributed by atoms with Gasteiger partial charge in [-0.2, -0.15) is 0 Å². The monoisotopic (exact) mass is 584 g/mol. The van der Waals surface area contributed by atoms with Crippen LogP contribution in [-0.2, 0) is 19.1 Å². The number of benzene rings is 2. The van der Waals surface area contributed by atoms with E-state index in [1.165, 1.54) is 0 Å².